The number of rotatable bonds is 4. The van der Waals surface area contributed by atoms with Gasteiger partial charge in [0.15, 0.2) is 0 Å². The van der Waals surface area contributed by atoms with Gasteiger partial charge in [-0.15, -0.1) is 0 Å². The largest absolute Gasteiger partial charge is 0.378 e. The fraction of sp³-hybridized carbons (Fsp3) is 0.188. The fourth-order valence-electron chi connectivity index (χ4n) is 1.77. The van der Waals surface area contributed by atoms with Crippen molar-refractivity contribution in [3.63, 3.8) is 0 Å². The molecule has 19 heavy (non-hydrogen) atoms. The lowest BCUT2D eigenvalue weighted by molar-refractivity contribution is 1.13. The van der Waals surface area contributed by atoms with E-state index in [0.29, 0.717) is 0 Å². The van der Waals surface area contributed by atoms with Gasteiger partial charge in [0, 0.05) is 30.4 Å². The molecule has 0 radical (unpaired) electrons. The molecule has 2 aromatic rings. The Kier molecular flexibility index (Phi) is 4.96. The molecular weight excluding hydrogens is 347 g/mol. The van der Waals surface area contributed by atoms with Crippen LogP contribution in [0.15, 0.2) is 42.6 Å². The third-order valence-corrected chi connectivity index (χ3v) is 3.73. The second-order valence-electron chi connectivity index (χ2n) is 4.50. The molecule has 3 heteroatoms. The number of halogens is 1. The Balaban J connectivity index is 2.18. The second kappa shape index (κ2) is 6.70. The van der Waals surface area contributed by atoms with Gasteiger partial charge in [-0.1, -0.05) is 46.9 Å². The van der Waals surface area contributed by atoms with Gasteiger partial charge in [-0.3, -0.25) is 4.98 Å². The van der Waals surface area contributed by atoms with Crippen LogP contribution < -0.4 is 4.90 Å². The minimum absolute atomic E-state index is 0.977. The topological polar surface area (TPSA) is 16.1 Å². The lowest BCUT2D eigenvalue weighted by atomic mass is 10.1. The van der Waals surface area contributed by atoms with E-state index in [2.05, 4.69) is 75.0 Å². The highest BCUT2D eigenvalue weighted by Gasteiger charge is 1.98. The maximum Gasteiger partial charge on any atom is 0.0669 e. The van der Waals surface area contributed by atoms with E-state index in [1.54, 1.807) is 0 Å². The molecule has 0 aliphatic heterocycles. The summed E-state index contributed by atoms with van der Waals surface area (Å²) in [6.45, 7) is 0. The molecule has 0 aliphatic rings. The zero-order valence-electron chi connectivity index (χ0n) is 11.2. The van der Waals surface area contributed by atoms with Crippen LogP contribution in [0.25, 0.3) is 12.2 Å². The summed E-state index contributed by atoms with van der Waals surface area (Å²) in [6, 6.07) is 12.6. The van der Waals surface area contributed by atoms with Crippen LogP contribution in [-0.2, 0) is 4.43 Å². The molecule has 1 aromatic carbocycles. The van der Waals surface area contributed by atoms with Crippen LogP contribution >= 0.6 is 22.6 Å². The molecule has 0 aliphatic carbocycles. The van der Waals surface area contributed by atoms with E-state index in [9.17, 15) is 0 Å². The zero-order chi connectivity index (χ0) is 13.7. The Morgan fingerprint density at radius 3 is 2.47 bits per heavy atom. The molecule has 98 valence electrons. The van der Waals surface area contributed by atoms with Gasteiger partial charge in [-0.25, -0.2) is 0 Å². The minimum atomic E-state index is 0.977. The third kappa shape index (κ3) is 3.80. The predicted molar refractivity (Wildman–Crippen MR) is 91.7 cm³/mol. The molecule has 0 spiro atoms. The standard InChI is InChI=1S/C16H17IN2/c1-19(2)15-8-5-13(6-9-15)7-10-16-14(12-17)4-3-11-18-16/h3-11H,12H2,1-2H3. The van der Waals surface area contributed by atoms with Gasteiger partial charge in [0.25, 0.3) is 0 Å². The molecule has 1 aromatic heterocycles. The van der Waals surface area contributed by atoms with Crippen molar-refractivity contribution in [1.82, 2.24) is 4.98 Å². The van der Waals surface area contributed by atoms with Crippen molar-refractivity contribution in [2.24, 2.45) is 0 Å². The maximum absolute atomic E-state index is 4.41. The number of hydrogen-bond donors (Lipinski definition) is 0. The van der Waals surface area contributed by atoms with Crippen LogP contribution in [0.3, 0.4) is 0 Å². The van der Waals surface area contributed by atoms with Crippen molar-refractivity contribution in [2.45, 2.75) is 4.43 Å². The SMILES string of the molecule is CN(C)c1ccc(C=Cc2ncccc2CI)cc1. The molecular formula is C16H17IN2. The molecule has 0 atom stereocenters. The Morgan fingerprint density at radius 1 is 1.11 bits per heavy atom. The Morgan fingerprint density at radius 2 is 1.84 bits per heavy atom. The van der Waals surface area contributed by atoms with Gasteiger partial charge in [0.05, 0.1) is 5.69 Å². The van der Waals surface area contributed by atoms with Crippen LogP contribution in [0, 0.1) is 0 Å². The van der Waals surface area contributed by atoms with Gasteiger partial charge < -0.3 is 4.90 Å². The first-order valence-electron chi connectivity index (χ1n) is 6.16. The van der Waals surface area contributed by atoms with Gasteiger partial charge in [0.2, 0.25) is 0 Å². The molecule has 1 heterocycles. The molecule has 0 amide bonds. The van der Waals surface area contributed by atoms with Crippen LogP contribution in [-0.4, -0.2) is 19.1 Å². The van der Waals surface area contributed by atoms with Gasteiger partial charge in [-0.2, -0.15) is 0 Å². The Bertz CT molecular complexity index is 559. The Hall–Kier alpha value is -1.36. The van der Waals surface area contributed by atoms with Crippen molar-refractivity contribution in [1.29, 1.82) is 0 Å². The first-order chi connectivity index (χ1) is 9.20. The first kappa shape index (κ1) is 14.1. The molecule has 2 nitrogen and oxygen atoms in total. The lowest BCUT2D eigenvalue weighted by Crippen LogP contribution is -2.07. The molecule has 0 saturated carbocycles. The molecule has 0 N–H and O–H groups in total. The number of hydrogen-bond acceptors (Lipinski definition) is 2. The fourth-order valence-corrected chi connectivity index (χ4v) is 2.42. The zero-order valence-corrected chi connectivity index (χ0v) is 13.3. The highest BCUT2D eigenvalue weighted by molar-refractivity contribution is 14.1. The minimum Gasteiger partial charge on any atom is -0.378 e. The number of pyridine rings is 1. The number of aromatic nitrogens is 1. The number of nitrogens with zero attached hydrogens (tertiary/aromatic N) is 2. The highest BCUT2D eigenvalue weighted by atomic mass is 127. The average molecular weight is 364 g/mol. The summed E-state index contributed by atoms with van der Waals surface area (Å²) in [5.74, 6) is 0. The second-order valence-corrected chi connectivity index (χ2v) is 5.26. The third-order valence-electron chi connectivity index (χ3n) is 2.91. The van der Waals surface area contributed by atoms with E-state index in [0.717, 1.165) is 10.1 Å². The van der Waals surface area contributed by atoms with Crippen molar-refractivity contribution in [3.05, 3.63) is 59.4 Å². The van der Waals surface area contributed by atoms with Crippen molar-refractivity contribution in [3.8, 4) is 0 Å². The number of benzene rings is 1. The van der Waals surface area contributed by atoms with E-state index in [1.807, 2.05) is 26.4 Å². The molecule has 0 unspecified atom stereocenters. The highest BCUT2D eigenvalue weighted by Crippen LogP contribution is 2.16. The monoisotopic (exact) mass is 364 g/mol. The summed E-state index contributed by atoms with van der Waals surface area (Å²) < 4.78 is 0.977. The average Bonchev–Trinajstić information content (AvgIpc) is 2.45. The summed E-state index contributed by atoms with van der Waals surface area (Å²) >= 11 is 2.37. The Labute approximate surface area is 128 Å². The lowest BCUT2D eigenvalue weighted by Gasteiger charge is -2.11. The summed E-state index contributed by atoms with van der Waals surface area (Å²) in [5, 5.41) is 0. The van der Waals surface area contributed by atoms with Crippen LogP contribution in [0.5, 0.6) is 0 Å². The maximum atomic E-state index is 4.41. The van der Waals surface area contributed by atoms with Crippen LogP contribution in [0.4, 0.5) is 5.69 Å². The molecule has 0 fully saturated rings. The summed E-state index contributed by atoms with van der Waals surface area (Å²) in [7, 11) is 4.09. The van der Waals surface area contributed by atoms with Gasteiger partial charge >= 0.3 is 0 Å². The predicted octanol–water partition coefficient (Wildman–Crippen LogP) is 4.25. The summed E-state index contributed by atoms with van der Waals surface area (Å²) in [6.07, 6.45) is 6.03. The van der Waals surface area contributed by atoms with Gasteiger partial charge in [-0.05, 0) is 35.4 Å². The van der Waals surface area contributed by atoms with Crippen LogP contribution in [0.1, 0.15) is 16.8 Å². The van der Waals surface area contributed by atoms with E-state index in [-0.39, 0.29) is 0 Å². The van der Waals surface area contributed by atoms with E-state index in [1.165, 1.54) is 16.8 Å². The van der Waals surface area contributed by atoms with E-state index < -0.39 is 0 Å². The molecule has 0 bridgehead atoms. The van der Waals surface area contributed by atoms with E-state index >= 15 is 0 Å². The summed E-state index contributed by atoms with van der Waals surface area (Å²) in [5.41, 5.74) is 4.72. The smallest absolute Gasteiger partial charge is 0.0669 e. The van der Waals surface area contributed by atoms with Crippen LogP contribution in [0.2, 0.25) is 0 Å². The number of anilines is 1. The van der Waals surface area contributed by atoms with Crippen molar-refractivity contribution in [2.75, 3.05) is 19.0 Å². The van der Waals surface area contributed by atoms with E-state index in [4.69, 9.17) is 0 Å². The normalized spacial score (nSPS) is 10.9. The number of alkyl halides is 1. The van der Waals surface area contributed by atoms with Crippen molar-refractivity contribution < 1.29 is 0 Å². The molecule has 0 saturated heterocycles. The van der Waals surface area contributed by atoms with Crippen molar-refractivity contribution >= 4 is 40.4 Å². The molecule has 2 rings (SSSR count). The summed E-state index contributed by atoms with van der Waals surface area (Å²) in [4.78, 5) is 6.51. The first-order valence-corrected chi connectivity index (χ1v) is 7.68. The van der Waals surface area contributed by atoms with Gasteiger partial charge in [0.1, 0.15) is 0 Å². The quantitative estimate of drug-likeness (QED) is 0.596.